The first-order valence-electron chi connectivity index (χ1n) is 6.98. The average Bonchev–Trinajstić information content (AvgIpc) is 2.49. The molecule has 0 saturated carbocycles. The summed E-state index contributed by atoms with van der Waals surface area (Å²) in [5, 5.41) is 0. The molecule has 0 atom stereocenters. The number of benzene rings is 1. The van der Waals surface area contributed by atoms with Crippen molar-refractivity contribution in [3.8, 4) is 17.0 Å². The van der Waals surface area contributed by atoms with Crippen LogP contribution in [0.5, 0.6) is 5.75 Å². The van der Waals surface area contributed by atoms with Gasteiger partial charge in [0.25, 0.3) is 0 Å². The lowest BCUT2D eigenvalue weighted by Crippen LogP contribution is -1.99. The molecule has 2 rings (SSSR count). The Morgan fingerprint density at radius 3 is 2.60 bits per heavy atom. The van der Waals surface area contributed by atoms with Gasteiger partial charge in [0.15, 0.2) is 11.6 Å². The molecule has 0 saturated heterocycles. The van der Waals surface area contributed by atoms with E-state index in [4.69, 9.17) is 4.74 Å². The van der Waals surface area contributed by atoms with Crippen molar-refractivity contribution in [1.29, 1.82) is 0 Å². The summed E-state index contributed by atoms with van der Waals surface area (Å²) in [4.78, 5) is 8.57. The van der Waals surface area contributed by atoms with E-state index in [1.54, 1.807) is 24.5 Å². The van der Waals surface area contributed by atoms with E-state index in [-0.39, 0.29) is 5.82 Å². The zero-order valence-corrected chi connectivity index (χ0v) is 11.9. The van der Waals surface area contributed by atoms with Gasteiger partial charge in [-0.25, -0.2) is 4.39 Å². The van der Waals surface area contributed by atoms with Crippen LogP contribution in [0.4, 0.5) is 4.39 Å². The van der Waals surface area contributed by atoms with Crippen LogP contribution in [-0.4, -0.2) is 16.6 Å². The first-order valence-corrected chi connectivity index (χ1v) is 6.98. The number of hydrogen-bond acceptors (Lipinski definition) is 3. The van der Waals surface area contributed by atoms with Gasteiger partial charge in [0.2, 0.25) is 0 Å². The molecule has 0 radical (unpaired) electrons. The largest absolute Gasteiger partial charge is 0.491 e. The topological polar surface area (TPSA) is 35.0 Å². The first-order chi connectivity index (χ1) is 9.74. The summed E-state index contributed by atoms with van der Waals surface area (Å²) < 4.78 is 19.3. The quantitative estimate of drug-likeness (QED) is 0.746. The molecule has 0 aliphatic rings. The standard InChI is InChI=1S/C16H19FN2O/c1-3-5-8-20-16-7-6-12(9-14(16)17)15-11-18-13(4-2)10-19-15/h6-7,9-11H,3-5,8H2,1-2H3. The van der Waals surface area contributed by atoms with Gasteiger partial charge in [-0.3, -0.25) is 9.97 Å². The van der Waals surface area contributed by atoms with Gasteiger partial charge < -0.3 is 4.74 Å². The monoisotopic (exact) mass is 274 g/mol. The van der Waals surface area contributed by atoms with Crippen LogP contribution in [0.1, 0.15) is 32.4 Å². The molecule has 1 heterocycles. The van der Waals surface area contributed by atoms with E-state index >= 15 is 0 Å². The van der Waals surface area contributed by atoms with Gasteiger partial charge in [0.1, 0.15) is 0 Å². The normalized spacial score (nSPS) is 10.6. The van der Waals surface area contributed by atoms with E-state index in [1.807, 2.05) is 6.92 Å². The first kappa shape index (κ1) is 14.4. The fourth-order valence-corrected chi connectivity index (χ4v) is 1.79. The Morgan fingerprint density at radius 2 is 2.00 bits per heavy atom. The summed E-state index contributed by atoms with van der Waals surface area (Å²) in [5.41, 5.74) is 2.30. The van der Waals surface area contributed by atoms with Crippen molar-refractivity contribution in [3.63, 3.8) is 0 Å². The molecule has 20 heavy (non-hydrogen) atoms. The molecule has 3 nitrogen and oxygen atoms in total. The Kier molecular flexibility index (Phi) is 5.04. The fourth-order valence-electron chi connectivity index (χ4n) is 1.79. The van der Waals surface area contributed by atoms with E-state index in [0.29, 0.717) is 23.6 Å². The molecule has 4 heteroatoms. The highest BCUT2D eigenvalue weighted by Gasteiger charge is 2.07. The third-order valence-corrected chi connectivity index (χ3v) is 3.05. The van der Waals surface area contributed by atoms with Gasteiger partial charge in [-0.15, -0.1) is 0 Å². The maximum atomic E-state index is 13.9. The lowest BCUT2D eigenvalue weighted by Gasteiger charge is -2.08. The van der Waals surface area contributed by atoms with Crippen molar-refractivity contribution >= 4 is 0 Å². The number of aromatic nitrogens is 2. The van der Waals surface area contributed by atoms with Crippen molar-refractivity contribution in [1.82, 2.24) is 9.97 Å². The van der Waals surface area contributed by atoms with Crippen LogP contribution >= 0.6 is 0 Å². The van der Waals surface area contributed by atoms with E-state index in [9.17, 15) is 4.39 Å². The molecular formula is C16H19FN2O. The van der Waals surface area contributed by atoms with Gasteiger partial charge in [-0.2, -0.15) is 0 Å². The summed E-state index contributed by atoms with van der Waals surface area (Å²) >= 11 is 0. The number of hydrogen-bond donors (Lipinski definition) is 0. The Balaban J connectivity index is 2.14. The predicted octanol–water partition coefficient (Wildman–Crippen LogP) is 4.02. The minimum atomic E-state index is -0.361. The molecule has 0 bridgehead atoms. The van der Waals surface area contributed by atoms with Crippen LogP contribution in [0.3, 0.4) is 0 Å². The Morgan fingerprint density at radius 1 is 1.15 bits per heavy atom. The molecule has 0 fully saturated rings. The average molecular weight is 274 g/mol. The van der Waals surface area contributed by atoms with Crippen molar-refractivity contribution < 1.29 is 9.13 Å². The summed E-state index contributed by atoms with van der Waals surface area (Å²) in [6.45, 7) is 4.63. The fraction of sp³-hybridized carbons (Fsp3) is 0.375. The van der Waals surface area contributed by atoms with E-state index < -0.39 is 0 Å². The molecule has 0 aliphatic carbocycles. The molecule has 0 aliphatic heterocycles. The SMILES string of the molecule is CCCCOc1ccc(-c2cnc(CC)cn2)cc1F. The minimum absolute atomic E-state index is 0.292. The summed E-state index contributed by atoms with van der Waals surface area (Å²) in [7, 11) is 0. The Bertz CT molecular complexity index is 555. The summed E-state index contributed by atoms with van der Waals surface area (Å²) in [5.74, 6) is -0.0692. The molecule has 106 valence electrons. The molecular weight excluding hydrogens is 255 g/mol. The lowest BCUT2D eigenvalue weighted by atomic mass is 10.1. The number of rotatable bonds is 6. The molecule has 1 aromatic carbocycles. The molecule has 2 aromatic rings. The maximum absolute atomic E-state index is 13.9. The van der Waals surface area contributed by atoms with Crippen LogP contribution in [0.25, 0.3) is 11.3 Å². The number of unbranched alkanes of at least 4 members (excludes halogenated alkanes) is 1. The Hall–Kier alpha value is -1.97. The summed E-state index contributed by atoms with van der Waals surface area (Å²) in [6.07, 6.45) is 6.18. The highest BCUT2D eigenvalue weighted by Crippen LogP contribution is 2.24. The van der Waals surface area contributed by atoms with E-state index in [2.05, 4.69) is 16.9 Å². The summed E-state index contributed by atoms with van der Waals surface area (Å²) in [6, 6.07) is 4.90. The zero-order valence-electron chi connectivity index (χ0n) is 11.9. The molecule has 0 unspecified atom stereocenters. The smallest absolute Gasteiger partial charge is 0.165 e. The lowest BCUT2D eigenvalue weighted by molar-refractivity contribution is 0.294. The third-order valence-electron chi connectivity index (χ3n) is 3.05. The van der Waals surface area contributed by atoms with E-state index in [0.717, 1.165) is 25.0 Å². The number of halogens is 1. The zero-order chi connectivity index (χ0) is 14.4. The van der Waals surface area contributed by atoms with Gasteiger partial charge in [0, 0.05) is 11.8 Å². The van der Waals surface area contributed by atoms with Crippen LogP contribution in [-0.2, 0) is 6.42 Å². The van der Waals surface area contributed by atoms with Crippen molar-refractivity contribution in [2.45, 2.75) is 33.1 Å². The van der Waals surface area contributed by atoms with Gasteiger partial charge in [-0.05, 0) is 31.0 Å². The Labute approximate surface area is 118 Å². The molecule has 0 N–H and O–H groups in total. The predicted molar refractivity (Wildman–Crippen MR) is 77.2 cm³/mol. The van der Waals surface area contributed by atoms with Gasteiger partial charge in [-0.1, -0.05) is 20.3 Å². The van der Waals surface area contributed by atoms with Crippen molar-refractivity contribution in [3.05, 3.63) is 42.1 Å². The van der Waals surface area contributed by atoms with Crippen LogP contribution in [0.15, 0.2) is 30.6 Å². The highest BCUT2D eigenvalue weighted by atomic mass is 19.1. The second-order valence-corrected chi connectivity index (χ2v) is 4.59. The number of ether oxygens (including phenoxy) is 1. The molecule has 0 spiro atoms. The maximum Gasteiger partial charge on any atom is 0.165 e. The second kappa shape index (κ2) is 6.98. The van der Waals surface area contributed by atoms with Crippen LogP contribution < -0.4 is 4.74 Å². The van der Waals surface area contributed by atoms with Crippen molar-refractivity contribution in [2.24, 2.45) is 0 Å². The van der Waals surface area contributed by atoms with E-state index in [1.165, 1.54) is 6.07 Å². The second-order valence-electron chi connectivity index (χ2n) is 4.59. The molecule has 1 aromatic heterocycles. The highest BCUT2D eigenvalue weighted by molar-refractivity contribution is 5.59. The van der Waals surface area contributed by atoms with Crippen LogP contribution in [0, 0.1) is 5.82 Å². The number of nitrogens with zero attached hydrogens (tertiary/aromatic N) is 2. The van der Waals surface area contributed by atoms with Crippen molar-refractivity contribution in [2.75, 3.05) is 6.61 Å². The molecule has 0 amide bonds. The van der Waals surface area contributed by atoms with Gasteiger partial charge >= 0.3 is 0 Å². The number of aryl methyl sites for hydroxylation is 1. The minimum Gasteiger partial charge on any atom is -0.491 e. The van der Waals surface area contributed by atoms with Crippen LogP contribution in [0.2, 0.25) is 0 Å². The van der Waals surface area contributed by atoms with Gasteiger partial charge in [0.05, 0.1) is 24.2 Å². The third kappa shape index (κ3) is 3.53.